The van der Waals surface area contributed by atoms with E-state index in [1.807, 2.05) is 42.3 Å². The summed E-state index contributed by atoms with van der Waals surface area (Å²) in [5, 5.41) is 5.95. The number of carbonyl (C=O) groups excluding carboxylic acids is 2. The summed E-state index contributed by atoms with van der Waals surface area (Å²) in [7, 11) is 1.84. The molecule has 23 heavy (non-hydrogen) atoms. The van der Waals surface area contributed by atoms with Gasteiger partial charge in [-0.15, -0.1) is 12.4 Å². The molecule has 2 rings (SSSR count). The lowest BCUT2D eigenvalue weighted by Crippen LogP contribution is -2.41. The van der Waals surface area contributed by atoms with Crippen LogP contribution >= 0.6 is 12.4 Å². The highest BCUT2D eigenvalue weighted by Gasteiger charge is 2.23. The Hall–Kier alpha value is -1.59. The summed E-state index contributed by atoms with van der Waals surface area (Å²) in [6.45, 7) is 2.96. The smallest absolute Gasteiger partial charge is 0.253 e. The van der Waals surface area contributed by atoms with Gasteiger partial charge in [0.2, 0.25) is 5.91 Å². The number of likely N-dealkylation sites (tertiary alicyclic amines) is 1. The third kappa shape index (κ3) is 6.20. The van der Waals surface area contributed by atoms with Gasteiger partial charge in [0, 0.05) is 38.2 Å². The second-order valence-electron chi connectivity index (χ2n) is 5.76. The summed E-state index contributed by atoms with van der Waals surface area (Å²) in [6, 6.07) is 9.41. The van der Waals surface area contributed by atoms with Crippen molar-refractivity contribution in [3.63, 3.8) is 0 Å². The highest BCUT2D eigenvalue weighted by Crippen LogP contribution is 2.18. The van der Waals surface area contributed by atoms with Crippen LogP contribution in [0.15, 0.2) is 30.3 Å². The summed E-state index contributed by atoms with van der Waals surface area (Å²) in [5.74, 6) is 0.674. The van der Waals surface area contributed by atoms with Crippen LogP contribution in [0.25, 0.3) is 0 Å². The second kappa shape index (κ2) is 10.2. The van der Waals surface area contributed by atoms with E-state index in [2.05, 4.69) is 10.6 Å². The van der Waals surface area contributed by atoms with E-state index in [0.29, 0.717) is 18.9 Å². The van der Waals surface area contributed by atoms with Crippen molar-refractivity contribution in [3.8, 4) is 0 Å². The lowest BCUT2D eigenvalue weighted by atomic mass is 9.96. The molecule has 128 valence electrons. The number of nitrogens with zero attached hydrogens (tertiary/aromatic N) is 1. The molecule has 0 saturated carbocycles. The molecule has 2 N–H and O–H groups in total. The third-order valence-electron chi connectivity index (χ3n) is 4.11. The Kier molecular flexibility index (Phi) is 8.66. The molecular weight excluding hydrogens is 314 g/mol. The van der Waals surface area contributed by atoms with Crippen LogP contribution in [0, 0.1) is 5.92 Å². The normalized spacial score (nSPS) is 14.9. The molecule has 1 heterocycles. The van der Waals surface area contributed by atoms with Crippen LogP contribution < -0.4 is 10.6 Å². The molecule has 0 bridgehead atoms. The van der Waals surface area contributed by atoms with Crippen LogP contribution in [-0.4, -0.2) is 49.9 Å². The predicted molar refractivity (Wildman–Crippen MR) is 93.9 cm³/mol. The van der Waals surface area contributed by atoms with Crippen LogP contribution in [0.5, 0.6) is 0 Å². The van der Waals surface area contributed by atoms with E-state index in [9.17, 15) is 9.59 Å². The van der Waals surface area contributed by atoms with Gasteiger partial charge in [-0.05, 0) is 37.9 Å². The predicted octanol–water partition coefficient (Wildman–Crippen LogP) is 1.69. The summed E-state index contributed by atoms with van der Waals surface area (Å²) in [4.78, 5) is 25.8. The summed E-state index contributed by atoms with van der Waals surface area (Å²) >= 11 is 0. The highest BCUT2D eigenvalue weighted by atomic mass is 35.5. The molecule has 2 amide bonds. The van der Waals surface area contributed by atoms with Gasteiger partial charge < -0.3 is 15.5 Å². The number of benzene rings is 1. The van der Waals surface area contributed by atoms with Crippen molar-refractivity contribution < 1.29 is 9.59 Å². The number of hydrogen-bond donors (Lipinski definition) is 2. The minimum Gasteiger partial charge on any atom is -0.356 e. The van der Waals surface area contributed by atoms with Gasteiger partial charge in [0.15, 0.2) is 0 Å². The average molecular weight is 340 g/mol. The molecule has 5 nitrogen and oxygen atoms in total. The number of rotatable bonds is 6. The molecule has 0 atom stereocenters. The summed E-state index contributed by atoms with van der Waals surface area (Å²) in [5.41, 5.74) is 0.751. The van der Waals surface area contributed by atoms with E-state index in [0.717, 1.165) is 38.0 Å². The molecule has 0 aliphatic carbocycles. The molecule has 1 aromatic carbocycles. The van der Waals surface area contributed by atoms with Gasteiger partial charge >= 0.3 is 0 Å². The number of halogens is 1. The van der Waals surface area contributed by atoms with Gasteiger partial charge in [-0.3, -0.25) is 9.59 Å². The Morgan fingerprint density at radius 2 is 1.83 bits per heavy atom. The van der Waals surface area contributed by atoms with Crippen molar-refractivity contribution >= 4 is 24.2 Å². The second-order valence-corrected chi connectivity index (χ2v) is 5.76. The lowest BCUT2D eigenvalue weighted by molar-refractivity contribution is -0.121. The van der Waals surface area contributed by atoms with Crippen LogP contribution in [-0.2, 0) is 4.79 Å². The van der Waals surface area contributed by atoms with E-state index in [4.69, 9.17) is 0 Å². The first-order valence-corrected chi connectivity index (χ1v) is 7.96. The number of hydrogen-bond acceptors (Lipinski definition) is 3. The maximum Gasteiger partial charge on any atom is 0.253 e. The molecule has 1 aliphatic rings. The van der Waals surface area contributed by atoms with Crippen molar-refractivity contribution in [1.29, 1.82) is 0 Å². The first kappa shape index (κ1) is 19.5. The Balaban J connectivity index is 0.00000264. The average Bonchev–Trinajstić information content (AvgIpc) is 2.58. The topological polar surface area (TPSA) is 61.4 Å². The minimum absolute atomic E-state index is 0. The van der Waals surface area contributed by atoms with Gasteiger partial charge in [0.1, 0.15) is 0 Å². The highest BCUT2D eigenvalue weighted by molar-refractivity contribution is 5.94. The Labute approximate surface area is 144 Å². The standard InChI is InChI=1S/C17H25N3O2.ClH/c1-18-10-7-16(21)19-13-14-8-11-20(12-9-14)17(22)15-5-3-2-4-6-15;/h2-6,14,18H,7-13H2,1H3,(H,19,21);1H. The first-order valence-electron chi connectivity index (χ1n) is 7.96. The maximum atomic E-state index is 12.3. The van der Waals surface area contributed by atoms with E-state index >= 15 is 0 Å². The molecule has 1 aliphatic heterocycles. The van der Waals surface area contributed by atoms with Crippen LogP contribution in [0.4, 0.5) is 0 Å². The van der Waals surface area contributed by atoms with E-state index in [-0.39, 0.29) is 24.2 Å². The van der Waals surface area contributed by atoms with Crippen LogP contribution in [0.1, 0.15) is 29.6 Å². The zero-order valence-electron chi connectivity index (χ0n) is 13.6. The fourth-order valence-electron chi connectivity index (χ4n) is 2.69. The molecule has 0 radical (unpaired) electrons. The molecule has 1 aromatic rings. The van der Waals surface area contributed by atoms with Gasteiger partial charge in [0.05, 0.1) is 0 Å². The Bertz CT molecular complexity index is 488. The molecule has 6 heteroatoms. The van der Waals surface area contributed by atoms with Crippen LogP contribution in [0.2, 0.25) is 0 Å². The SMILES string of the molecule is CNCCC(=O)NCC1CCN(C(=O)c2ccccc2)CC1.Cl. The zero-order chi connectivity index (χ0) is 15.8. The molecule has 0 unspecified atom stereocenters. The first-order chi connectivity index (χ1) is 10.7. The third-order valence-corrected chi connectivity index (χ3v) is 4.11. The monoisotopic (exact) mass is 339 g/mol. The fraction of sp³-hybridized carbons (Fsp3) is 0.529. The van der Waals surface area contributed by atoms with Crippen molar-refractivity contribution in [2.45, 2.75) is 19.3 Å². The summed E-state index contributed by atoms with van der Waals surface area (Å²) in [6.07, 6.45) is 2.41. The van der Waals surface area contributed by atoms with Gasteiger partial charge in [-0.2, -0.15) is 0 Å². The number of piperidine rings is 1. The van der Waals surface area contributed by atoms with E-state index in [1.165, 1.54) is 0 Å². The van der Waals surface area contributed by atoms with E-state index < -0.39 is 0 Å². The minimum atomic E-state index is 0. The lowest BCUT2D eigenvalue weighted by Gasteiger charge is -2.32. The Morgan fingerprint density at radius 3 is 2.43 bits per heavy atom. The molecule has 0 aromatic heterocycles. The number of amides is 2. The van der Waals surface area contributed by atoms with Crippen molar-refractivity contribution in [2.24, 2.45) is 5.92 Å². The van der Waals surface area contributed by atoms with Crippen molar-refractivity contribution in [1.82, 2.24) is 15.5 Å². The quantitative estimate of drug-likeness (QED) is 0.829. The fourth-order valence-corrected chi connectivity index (χ4v) is 2.69. The Morgan fingerprint density at radius 1 is 1.17 bits per heavy atom. The summed E-state index contributed by atoms with van der Waals surface area (Å²) < 4.78 is 0. The van der Waals surface area contributed by atoms with Gasteiger partial charge in [-0.25, -0.2) is 0 Å². The maximum absolute atomic E-state index is 12.3. The van der Waals surface area contributed by atoms with Crippen molar-refractivity contribution in [2.75, 3.05) is 33.2 Å². The molecule has 1 saturated heterocycles. The number of carbonyl (C=O) groups is 2. The largest absolute Gasteiger partial charge is 0.356 e. The zero-order valence-corrected chi connectivity index (χ0v) is 14.4. The van der Waals surface area contributed by atoms with E-state index in [1.54, 1.807) is 0 Å². The van der Waals surface area contributed by atoms with Crippen LogP contribution in [0.3, 0.4) is 0 Å². The van der Waals surface area contributed by atoms with Gasteiger partial charge in [0.25, 0.3) is 5.91 Å². The number of nitrogens with one attached hydrogen (secondary N) is 2. The van der Waals surface area contributed by atoms with Gasteiger partial charge in [-0.1, -0.05) is 18.2 Å². The van der Waals surface area contributed by atoms with Crippen molar-refractivity contribution in [3.05, 3.63) is 35.9 Å². The molecular formula is C17H26ClN3O2. The molecule has 0 spiro atoms. The molecule has 1 fully saturated rings.